The zero-order valence-electron chi connectivity index (χ0n) is 9.80. The zero-order chi connectivity index (χ0) is 11.7. The smallest absolute Gasteiger partial charge is 0.0833 e. The highest BCUT2D eigenvalue weighted by molar-refractivity contribution is 7.17. The molecule has 0 aliphatic carbocycles. The number of fused-ring (bicyclic) bond motifs is 1. The Bertz CT molecular complexity index is 508. The third kappa shape index (κ3) is 1.91. The van der Waals surface area contributed by atoms with Crippen molar-refractivity contribution in [3.8, 4) is 0 Å². The van der Waals surface area contributed by atoms with Crippen molar-refractivity contribution in [1.29, 1.82) is 0 Å². The lowest BCUT2D eigenvalue weighted by atomic mass is 10.0. The van der Waals surface area contributed by atoms with E-state index >= 15 is 0 Å². The third-order valence-corrected chi connectivity index (χ3v) is 4.41. The van der Waals surface area contributed by atoms with Crippen molar-refractivity contribution in [2.75, 3.05) is 18.0 Å². The van der Waals surface area contributed by atoms with Gasteiger partial charge in [-0.2, -0.15) is 0 Å². The summed E-state index contributed by atoms with van der Waals surface area (Å²) < 4.78 is 1.30. The molecule has 90 valence electrons. The van der Waals surface area contributed by atoms with Crippen LogP contribution in [-0.2, 0) is 0 Å². The molecule has 0 spiro atoms. The van der Waals surface area contributed by atoms with Crippen LogP contribution in [0, 0.1) is 0 Å². The normalized spacial score (nSPS) is 21.0. The summed E-state index contributed by atoms with van der Waals surface area (Å²) in [6.07, 6.45) is 3.79. The van der Waals surface area contributed by atoms with Crippen LogP contribution in [0.4, 0.5) is 5.69 Å². The van der Waals surface area contributed by atoms with Crippen molar-refractivity contribution in [2.24, 2.45) is 5.73 Å². The Kier molecular flexibility index (Phi) is 2.99. The summed E-state index contributed by atoms with van der Waals surface area (Å²) in [5.74, 6) is 0. The molecule has 2 N–H and O–H groups in total. The molecule has 1 atom stereocenters. The fourth-order valence-corrected chi connectivity index (χ4v) is 3.48. The summed E-state index contributed by atoms with van der Waals surface area (Å²) in [6.45, 7) is 1.87. The van der Waals surface area contributed by atoms with Crippen LogP contribution in [0.25, 0.3) is 10.2 Å². The molecule has 3 rings (SSSR count). The van der Waals surface area contributed by atoms with Gasteiger partial charge in [-0.15, -0.1) is 11.3 Å². The highest BCUT2D eigenvalue weighted by atomic mass is 32.1. The van der Waals surface area contributed by atoms with E-state index in [2.05, 4.69) is 28.1 Å². The van der Waals surface area contributed by atoms with E-state index in [1.54, 1.807) is 11.3 Å². The van der Waals surface area contributed by atoms with Gasteiger partial charge in [0.15, 0.2) is 0 Å². The van der Waals surface area contributed by atoms with Crippen molar-refractivity contribution in [3.05, 3.63) is 23.7 Å². The van der Waals surface area contributed by atoms with Crippen LogP contribution in [0.5, 0.6) is 0 Å². The number of aromatic nitrogens is 1. The minimum absolute atomic E-state index is 0.497. The number of hydrogen-bond donors (Lipinski definition) is 1. The molecule has 1 unspecified atom stereocenters. The molecule has 1 fully saturated rings. The van der Waals surface area contributed by atoms with Gasteiger partial charge in [-0.3, -0.25) is 0 Å². The maximum absolute atomic E-state index is 5.90. The van der Waals surface area contributed by atoms with Crippen LogP contribution in [0.3, 0.4) is 0 Å². The summed E-state index contributed by atoms with van der Waals surface area (Å²) >= 11 is 1.73. The number of piperidine rings is 1. The van der Waals surface area contributed by atoms with Gasteiger partial charge in [-0.05, 0) is 31.4 Å². The van der Waals surface area contributed by atoms with Crippen molar-refractivity contribution in [2.45, 2.75) is 25.3 Å². The summed E-state index contributed by atoms with van der Waals surface area (Å²) in [7, 11) is 0. The topological polar surface area (TPSA) is 42.1 Å². The van der Waals surface area contributed by atoms with Crippen molar-refractivity contribution < 1.29 is 0 Å². The van der Waals surface area contributed by atoms with Gasteiger partial charge in [0, 0.05) is 19.1 Å². The van der Waals surface area contributed by atoms with E-state index in [1.807, 2.05) is 5.51 Å². The van der Waals surface area contributed by atoms with Gasteiger partial charge in [-0.1, -0.05) is 6.07 Å². The van der Waals surface area contributed by atoms with Gasteiger partial charge >= 0.3 is 0 Å². The highest BCUT2D eigenvalue weighted by Crippen LogP contribution is 2.33. The van der Waals surface area contributed by atoms with E-state index < -0.39 is 0 Å². The summed E-state index contributed by atoms with van der Waals surface area (Å²) in [5, 5.41) is 0. The minimum atomic E-state index is 0.497. The molecule has 0 radical (unpaired) electrons. The van der Waals surface area contributed by atoms with E-state index in [1.165, 1.54) is 29.6 Å². The Morgan fingerprint density at radius 1 is 1.41 bits per heavy atom. The summed E-state index contributed by atoms with van der Waals surface area (Å²) in [6, 6.07) is 6.88. The minimum Gasteiger partial charge on any atom is -0.366 e. The van der Waals surface area contributed by atoms with Crippen LogP contribution in [-0.4, -0.2) is 24.1 Å². The Balaban J connectivity index is 2.04. The van der Waals surface area contributed by atoms with Gasteiger partial charge in [0.05, 0.1) is 21.4 Å². The maximum Gasteiger partial charge on any atom is 0.0833 e. The van der Waals surface area contributed by atoms with E-state index in [9.17, 15) is 0 Å². The van der Waals surface area contributed by atoms with Crippen LogP contribution < -0.4 is 10.6 Å². The number of hydrogen-bond acceptors (Lipinski definition) is 4. The Hall–Kier alpha value is -1.13. The Morgan fingerprint density at radius 2 is 2.35 bits per heavy atom. The first-order valence-corrected chi connectivity index (χ1v) is 7.07. The first-order chi connectivity index (χ1) is 8.40. The van der Waals surface area contributed by atoms with Gasteiger partial charge in [0.2, 0.25) is 0 Å². The maximum atomic E-state index is 5.90. The van der Waals surface area contributed by atoms with E-state index in [4.69, 9.17) is 5.73 Å². The molecule has 0 amide bonds. The van der Waals surface area contributed by atoms with Crippen LogP contribution in [0.2, 0.25) is 0 Å². The molecule has 2 heterocycles. The average Bonchev–Trinajstić information content (AvgIpc) is 2.86. The Labute approximate surface area is 105 Å². The predicted molar refractivity (Wildman–Crippen MR) is 73.7 cm³/mol. The molecule has 1 aliphatic heterocycles. The number of nitrogens with two attached hydrogens (primary N) is 1. The molecule has 1 aromatic heterocycles. The highest BCUT2D eigenvalue weighted by Gasteiger charge is 2.23. The fraction of sp³-hybridized carbons (Fsp3) is 0.462. The van der Waals surface area contributed by atoms with Crippen LogP contribution >= 0.6 is 11.3 Å². The molecular weight excluding hydrogens is 230 g/mol. The van der Waals surface area contributed by atoms with Gasteiger partial charge in [0.25, 0.3) is 0 Å². The number of thiazole rings is 1. The SMILES string of the molecule is NCC1CCCCN1c1cccc2ncsc12. The lowest BCUT2D eigenvalue weighted by Crippen LogP contribution is -2.44. The molecule has 3 nitrogen and oxygen atoms in total. The third-order valence-electron chi connectivity index (χ3n) is 3.54. The fourth-order valence-electron chi connectivity index (χ4n) is 2.66. The van der Waals surface area contributed by atoms with Crippen LogP contribution in [0.1, 0.15) is 19.3 Å². The quantitative estimate of drug-likeness (QED) is 0.887. The second-order valence-electron chi connectivity index (χ2n) is 4.56. The van der Waals surface area contributed by atoms with Gasteiger partial charge in [-0.25, -0.2) is 4.98 Å². The molecule has 17 heavy (non-hydrogen) atoms. The first kappa shape index (κ1) is 11.0. The molecule has 0 bridgehead atoms. The predicted octanol–water partition coefficient (Wildman–Crippen LogP) is 2.61. The van der Waals surface area contributed by atoms with E-state index in [0.717, 1.165) is 18.6 Å². The molecular formula is C13H17N3S. The lowest BCUT2D eigenvalue weighted by Gasteiger charge is -2.37. The largest absolute Gasteiger partial charge is 0.366 e. The lowest BCUT2D eigenvalue weighted by molar-refractivity contribution is 0.466. The summed E-state index contributed by atoms with van der Waals surface area (Å²) in [5.41, 5.74) is 10.2. The molecule has 1 aliphatic rings. The van der Waals surface area contributed by atoms with E-state index in [-0.39, 0.29) is 0 Å². The monoisotopic (exact) mass is 247 g/mol. The van der Waals surface area contributed by atoms with Crippen LogP contribution in [0.15, 0.2) is 23.7 Å². The standard InChI is InChI=1S/C13H17N3S/c14-8-10-4-1-2-7-16(10)12-6-3-5-11-13(12)17-9-15-11/h3,5-6,9-10H,1-2,4,7-8,14H2. The molecule has 1 saturated heterocycles. The first-order valence-electron chi connectivity index (χ1n) is 6.19. The van der Waals surface area contributed by atoms with Crippen molar-refractivity contribution in [3.63, 3.8) is 0 Å². The molecule has 2 aromatic rings. The number of anilines is 1. The number of nitrogens with zero attached hydrogens (tertiary/aromatic N) is 2. The van der Waals surface area contributed by atoms with E-state index in [0.29, 0.717) is 6.04 Å². The van der Waals surface area contributed by atoms with Crippen molar-refractivity contribution in [1.82, 2.24) is 4.98 Å². The van der Waals surface area contributed by atoms with Gasteiger partial charge in [0.1, 0.15) is 0 Å². The zero-order valence-corrected chi connectivity index (χ0v) is 10.6. The number of benzene rings is 1. The average molecular weight is 247 g/mol. The Morgan fingerprint density at radius 3 is 3.24 bits per heavy atom. The molecule has 0 saturated carbocycles. The molecule has 4 heteroatoms. The molecule has 1 aromatic carbocycles. The second kappa shape index (κ2) is 4.63. The second-order valence-corrected chi connectivity index (χ2v) is 5.41. The van der Waals surface area contributed by atoms with Gasteiger partial charge < -0.3 is 10.6 Å². The van der Waals surface area contributed by atoms with Crippen molar-refractivity contribution >= 4 is 27.2 Å². The number of rotatable bonds is 2. The summed E-state index contributed by atoms with van der Waals surface area (Å²) in [4.78, 5) is 6.86.